The van der Waals surface area contributed by atoms with Gasteiger partial charge in [-0.1, -0.05) is 12.1 Å². The average molecular weight is 487 g/mol. The number of aromatic nitrogens is 4. The van der Waals surface area contributed by atoms with Crippen LogP contribution in [-0.2, 0) is 16.1 Å². The van der Waals surface area contributed by atoms with E-state index in [1.54, 1.807) is 15.8 Å². The number of aromatic amines is 1. The molecule has 1 atom stereocenters. The number of carbonyl (C=O) groups excluding carboxylic acids is 2. The maximum Gasteiger partial charge on any atom is 0.326 e. The van der Waals surface area contributed by atoms with Crippen molar-refractivity contribution in [1.29, 1.82) is 0 Å². The molecule has 0 unspecified atom stereocenters. The lowest BCUT2D eigenvalue weighted by molar-refractivity contribution is -0.141. The minimum atomic E-state index is -0.908. The van der Waals surface area contributed by atoms with Crippen molar-refractivity contribution in [2.24, 2.45) is 0 Å². The zero-order chi connectivity index (χ0) is 25.3. The first-order chi connectivity index (χ1) is 17.3. The number of hydrogen-bond acceptors (Lipinski definition) is 4. The first-order valence-corrected chi connectivity index (χ1v) is 12.3. The Kier molecular flexibility index (Phi) is 6.22. The summed E-state index contributed by atoms with van der Waals surface area (Å²) >= 11 is 0. The van der Waals surface area contributed by atoms with E-state index >= 15 is 0 Å². The fourth-order valence-corrected chi connectivity index (χ4v) is 5.00. The fraction of sp³-hybridized carbons (Fsp3) is 0.333. The van der Waals surface area contributed by atoms with E-state index in [9.17, 15) is 14.4 Å². The van der Waals surface area contributed by atoms with Crippen LogP contribution in [0.3, 0.4) is 0 Å². The van der Waals surface area contributed by atoms with Gasteiger partial charge in [-0.2, -0.15) is 0 Å². The number of nitrogens with zero attached hydrogens (tertiary/aromatic N) is 4. The van der Waals surface area contributed by atoms with Gasteiger partial charge in [0.05, 0.1) is 23.1 Å². The minimum absolute atomic E-state index is 0.0659. The molecular formula is C27H30N6O3. The van der Waals surface area contributed by atoms with Gasteiger partial charge in [-0.3, -0.25) is 14.2 Å². The monoisotopic (exact) mass is 486 g/mol. The molecule has 36 heavy (non-hydrogen) atoms. The Morgan fingerprint density at radius 1 is 1.14 bits per heavy atom. The third kappa shape index (κ3) is 4.44. The van der Waals surface area contributed by atoms with Gasteiger partial charge in [-0.15, -0.1) is 0 Å². The predicted octanol–water partition coefficient (Wildman–Crippen LogP) is 3.62. The van der Waals surface area contributed by atoms with Gasteiger partial charge in [0.1, 0.15) is 5.54 Å². The summed E-state index contributed by atoms with van der Waals surface area (Å²) in [5, 5.41) is 2.99. The van der Waals surface area contributed by atoms with E-state index in [4.69, 9.17) is 0 Å². The van der Waals surface area contributed by atoms with Crippen molar-refractivity contribution in [3.05, 3.63) is 77.2 Å². The molecule has 9 nitrogen and oxygen atoms in total. The van der Waals surface area contributed by atoms with Crippen LogP contribution in [-0.4, -0.2) is 47.9 Å². The van der Waals surface area contributed by atoms with Crippen LogP contribution in [0.15, 0.2) is 65.8 Å². The molecule has 186 valence electrons. The number of para-hydroxylation sites is 2. The lowest BCUT2D eigenvalue weighted by atomic mass is 9.97. The molecular weight excluding hydrogens is 456 g/mol. The van der Waals surface area contributed by atoms with Crippen molar-refractivity contribution in [3.63, 3.8) is 0 Å². The smallest absolute Gasteiger partial charge is 0.326 e. The highest BCUT2D eigenvalue weighted by Gasteiger charge is 2.45. The lowest BCUT2D eigenvalue weighted by Gasteiger charge is -2.34. The topological polar surface area (TPSA) is 105 Å². The quantitative estimate of drug-likeness (QED) is 0.416. The molecule has 2 aromatic heterocycles. The maximum absolute atomic E-state index is 13.3. The zero-order valence-corrected chi connectivity index (χ0v) is 20.5. The van der Waals surface area contributed by atoms with E-state index in [-0.39, 0.29) is 23.9 Å². The Morgan fingerprint density at radius 2 is 1.92 bits per heavy atom. The molecule has 9 heteroatoms. The molecule has 2 amide bonds. The predicted molar refractivity (Wildman–Crippen MR) is 138 cm³/mol. The average Bonchev–Trinajstić information content (AvgIpc) is 3.57. The summed E-state index contributed by atoms with van der Waals surface area (Å²) in [6, 6.07) is 15.1. The van der Waals surface area contributed by atoms with Crippen LogP contribution in [0.1, 0.15) is 38.3 Å². The van der Waals surface area contributed by atoms with Gasteiger partial charge in [-0.05, 0) is 69.5 Å². The minimum Gasteiger partial charge on any atom is -0.328 e. The molecule has 2 N–H and O–H groups in total. The number of anilines is 1. The van der Waals surface area contributed by atoms with Crippen molar-refractivity contribution in [2.75, 3.05) is 11.9 Å². The summed E-state index contributed by atoms with van der Waals surface area (Å²) < 4.78 is 3.58. The summed E-state index contributed by atoms with van der Waals surface area (Å²) in [7, 11) is 0. The van der Waals surface area contributed by atoms with Gasteiger partial charge in [0.25, 0.3) is 0 Å². The number of likely N-dealkylation sites (tertiary alicyclic amines) is 1. The number of benzene rings is 2. The number of hydrogen-bond donors (Lipinski definition) is 2. The van der Waals surface area contributed by atoms with E-state index in [2.05, 4.69) is 15.3 Å². The second kappa shape index (κ2) is 9.49. The van der Waals surface area contributed by atoms with Crippen molar-refractivity contribution in [2.45, 2.75) is 51.6 Å². The van der Waals surface area contributed by atoms with Crippen molar-refractivity contribution >= 4 is 28.5 Å². The summed E-state index contributed by atoms with van der Waals surface area (Å²) in [6.07, 6.45) is 5.86. The standard InChI is InChI=1S/C27H30N6O3/c1-19-17-31(18-28-19)21-12-10-20(11-13-21)29-25(35)27(2)14-6-16-33(27)24(34)9-5-15-32-23-8-4-3-7-22(23)30-26(32)36/h3-4,7-8,10-13,17-18H,5-6,9,14-16H2,1-2H3,(H,29,35)(H,30,36)/t27-/m0/s1. The third-order valence-corrected chi connectivity index (χ3v) is 7.02. The van der Waals surface area contributed by atoms with Crippen LogP contribution in [0.25, 0.3) is 16.7 Å². The number of H-pyrrole nitrogens is 1. The van der Waals surface area contributed by atoms with Gasteiger partial charge in [0.15, 0.2) is 0 Å². The number of nitrogens with one attached hydrogen (secondary N) is 2. The second-order valence-corrected chi connectivity index (χ2v) is 9.55. The van der Waals surface area contributed by atoms with Crippen molar-refractivity contribution < 1.29 is 9.59 Å². The van der Waals surface area contributed by atoms with Gasteiger partial charge in [-0.25, -0.2) is 9.78 Å². The molecule has 0 radical (unpaired) electrons. The van der Waals surface area contributed by atoms with Crippen LogP contribution < -0.4 is 11.0 Å². The Bertz CT molecular complexity index is 1460. The van der Waals surface area contributed by atoms with Crippen LogP contribution in [0.2, 0.25) is 0 Å². The van der Waals surface area contributed by atoms with Crippen LogP contribution >= 0.6 is 0 Å². The first-order valence-electron chi connectivity index (χ1n) is 12.3. The Labute approximate surface area is 208 Å². The normalized spacial score (nSPS) is 17.6. The summed E-state index contributed by atoms with van der Waals surface area (Å²) in [5.41, 5.74) is 3.09. The van der Waals surface area contributed by atoms with E-state index in [0.717, 1.165) is 28.8 Å². The summed E-state index contributed by atoms with van der Waals surface area (Å²) in [5.74, 6) is -0.253. The molecule has 1 saturated heterocycles. The molecule has 2 aromatic carbocycles. The molecule has 1 aliphatic heterocycles. The van der Waals surface area contributed by atoms with Crippen LogP contribution in [0.4, 0.5) is 5.69 Å². The Morgan fingerprint density at radius 3 is 2.67 bits per heavy atom. The zero-order valence-electron chi connectivity index (χ0n) is 20.5. The van der Waals surface area contributed by atoms with E-state index in [1.165, 1.54) is 0 Å². The first kappa shape index (κ1) is 23.6. The molecule has 0 bridgehead atoms. The maximum atomic E-state index is 13.3. The number of aryl methyl sites for hydroxylation is 2. The lowest BCUT2D eigenvalue weighted by Crippen LogP contribution is -2.53. The van der Waals surface area contributed by atoms with Gasteiger partial charge in [0, 0.05) is 37.1 Å². The third-order valence-electron chi connectivity index (χ3n) is 7.02. The molecule has 5 rings (SSSR count). The number of amides is 2. The summed E-state index contributed by atoms with van der Waals surface area (Å²) in [4.78, 5) is 47.5. The van der Waals surface area contributed by atoms with Crippen LogP contribution in [0, 0.1) is 6.92 Å². The van der Waals surface area contributed by atoms with E-state index in [0.29, 0.717) is 31.6 Å². The Hall–Kier alpha value is -4.14. The SMILES string of the molecule is Cc1cn(-c2ccc(NC(=O)[C@]3(C)CCCN3C(=O)CCCn3c(=O)[nH]c4ccccc43)cc2)cn1. The van der Waals surface area contributed by atoms with Gasteiger partial charge >= 0.3 is 5.69 Å². The molecule has 0 saturated carbocycles. The highest BCUT2D eigenvalue weighted by atomic mass is 16.2. The second-order valence-electron chi connectivity index (χ2n) is 9.55. The van der Waals surface area contributed by atoms with Crippen molar-refractivity contribution in [3.8, 4) is 5.69 Å². The molecule has 3 heterocycles. The number of imidazole rings is 2. The molecule has 0 aliphatic carbocycles. The van der Waals surface area contributed by atoms with Crippen molar-refractivity contribution in [1.82, 2.24) is 24.0 Å². The highest BCUT2D eigenvalue weighted by molar-refractivity contribution is 6.00. The summed E-state index contributed by atoms with van der Waals surface area (Å²) in [6.45, 7) is 4.76. The largest absolute Gasteiger partial charge is 0.328 e. The number of rotatable bonds is 7. The molecule has 1 aliphatic rings. The molecule has 1 fully saturated rings. The highest BCUT2D eigenvalue weighted by Crippen LogP contribution is 2.31. The van der Waals surface area contributed by atoms with Gasteiger partial charge < -0.3 is 19.8 Å². The van der Waals surface area contributed by atoms with Crippen LogP contribution in [0.5, 0.6) is 0 Å². The number of carbonyl (C=O) groups is 2. The van der Waals surface area contributed by atoms with E-state index < -0.39 is 5.54 Å². The van der Waals surface area contributed by atoms with Gasteiger partial charge in [0.2, 0.25) is 11.8 Å². The fourth-order valence-electron chi connectivity index (χ4n) is 5.00. The number of fused-ring (bicyclic) bond motifs is 1. The molecule has 4 aromatic rings. The van der Waals surface area contributed by atoms with E-state index in [1.807, 2.05) is 73.1 Å². The molecule has 0 spiro atoms. The Balaban J connectivity index is 1.21.